The monoisotopic (exact) mass is 270 g/mol. The lowest BCUT2D eigenvalue weighted by Crippen LogP contribution is -2.11. The maximum absolute atomic E-state index is 12.1. The summed E-state index contributed by atoms with van der Waals surface area (Å²) >= 11 is 1.14. The van der Waals surface area contributed by atoms with Crippen molar-refractivity contribution in [3.05, 3.63) is 48.0 Å². The van der Waals surface area contributed by atoms with E-state index in [2.05, 4.69) is 15.5 Å². The van der Waals surface area contributed by atoms with Crippen molar-refractivity contribution >= 4 is 38.3 Å². The van der Waals surface area contributed by atoms with E-state index in [4.69, 9.17) is 5.73 Å². The summed E-state index contributed by atoms with van der Waals surface area (Å²) in [6.45, 7) is 0. The Labute approximate surface area is 113 Å². The van der Waals surface area contributed by atoms with Gasteiger partial charge in [0.15, 0.2) is 0 Å². The zero-order valence-corrected chi connectivity index (χ0v) is 10.6. The van der Waals surface area contributed by atoms with Crippen molar-refractivity contribution in [2.24, 2.45) is 0 Å². The van der Waals surface area contributed by atoms with Crippen LogP contribution in [0.1, 0.15) is 10.4 Å². The number of fused-ring (bicyclic) bond motifs is 1. The van der Waals surface area contributed by atoms with Crippen LogP contribution in [0.3, 0.4) is 0 Å². The minimum atomic E-state index is -0.220. The molecule has 5 nitrogen and oxygen atoms in total. The molecule has 0 atom stereocenters. The highest BCUT2D eigenvalue weighted by Gasteiger charge is 2.09. The van der Waals surface area contributed by atoms with Crippen molar-refractivity contribution in [2.45, 2.75) is 0 Å². The van der Waals surface area contributed by atoms with Crippen LogP contribution < -0.4 is 11.1 Å². The Kier molecular flexibility index (Phi) is 2.85. The summed E-state index contributed by atoms with van der Waals surface area (Å²) in [5.41, 5.74) is 6.04. The fraction of sp³-hybridized carbons (Fsp3) is 0. The summed E-state index contributed by atoms with van der Waals surface area (Å²) in [5, 5.41) is 12.9. The lowest BCUT2D eigenvalue weighted by molar-refractivity contribution is 0.102. The van der Waals surface area contributed by atoms with Crippen LogP contribution in [0.5, 0.6) is 0 Å². The minimum absolute atomic E-state index is 0.220. The Morgan fingerprint density at radius 2 is 1.89 bits per heavy atom. The fourth-order valence-corrected chi connectivity index (χ4v) is 2.29. The van der Waals surface area contributed by atoms with Crippen LogP contribution in [0.4, 0.5) is 10.3 Å². The second-order valence-electron chi connectivity index (χ2n) is 3.96. The first-order valence-corrected chi connectivity index (χ1v) is 6.43. The summed E-state index contributed by atoms with van der Waals surface area (Å²) in [4.78, 5) is 12.1. The molecule has 3 N–H and O–H groups in total. The second-order valence-corrected chi connectivity index (χ2v) is 4.97. The largest absolute Gasteiger partial charge is 0.374 e. The second kappa shape index (κ2) is 4.66. The van der Waals surface area contributed by atoms with Gasteiger partial charge in [-0.05, 0) is 22.9 Å². The summed E-state index contributed by atoms with van der Waals surface area (Å²) < 4.78 is 0. The van der Waals surface area contributed by atoms with Crippen LogP contribution in [0.25, 0.3) is 10.8 Å². The van der Waals surface area contributed by atoms with Gasteiger partial charge in [-0.3, -0.25) is 10.1 Å². The van der Waals surface area contributed by atoms with Crippen LogP contribution in [0.15, 0.2) is 42.5 Å². The average Bonchev–Trinajstić information content (AvgIpc) is 2.83. The van der Waals surface area contributed by atoms with Gasteiger partial charge in [-0.1, -0.05) is 41.7 Å². The molecule has 1 aromatic heterocycles. The van der Waals surface area contributed by atoms with Crippen molar-refractivity contribution in [1.82, 2.24) is 10.2 Å². The molecule has 94 valence electrons. The number of anilines is 2. The van der Waals surface area contributed by atoms with Gasteiger partial charge in [-0.2, -0.15) is 0 Å². The molecule has 0 fully saturated rings. The Morgan fingerprint density at radius 1 is 1.11 bits per heavy atom. The number of nitrogen functional groups attached to an aromatic ring is 1. The maximum atomic E-state index is 12.1. The van der Waals surface area contributed by atoms with Crippen LogP contribution in [-0.4, -0.2) is 16.1 Å². The summed E-state index contributed by atoms with van der Waals surface area (Å²) in [5.74, 6) is -0.220. The first kappa shape index (κ1) is 11.6. The number of rotatable bonds is 2. The number of hydrogen-bond acceptors (Lipinski definition) is 5. The van der Waals surface area contributed by atoms with Crippen molar-refractivity contribution in [2.75, 3.05) is 11.1 Å². The molecule has 0 radical (unpaired) electrons. The van der Waals surface area contributed by atoms with E-state index in [0.29, 0.717) is 15.8 Å². The third-order valence-corrected chi connectivity index (χ3v) is 3.34. The molecule has 1 heterocycles. The Bertz CT molecular complexity index is 753. The molecule has 0 saturated carbocycles. The van der Waals surface area contributed by atoms with E-state index in [1.54, 1.807) is 6.07 Å². The van der Waals surface area contributed by atoms with E-state index in [1.807, 2.05) is 36.4 Å². The standard InChI is InChI=1S/C13H10N4OS/c14-12-16-17-13(19-12)15-11(18)10-6-5-8-3-1-2-4-9(8)7-10/h1-7H,(H2,14,16)(H,15,17,18). The predicted molar refractivity (Wildman–Crippen MR) is 76.2 cm³/mol. The highest BCUT2D eigenvalue weighted by Crippen LogP contribution is 2.19. The lowest BCUT2D eigenvalue weighted by Gasteiger charge is -2.03. The van der Waals surface area contributed by atoms with Crippen molar-refractivity contribution < 1.29 is 4.79 Å². The smallest absolute Gasteiger partial charge is 0.257 e. The number of carbonyl (C=O) groups excluding carboxylic acids is 1. The first-order chi connectivity index (χ1) is 9.22. The molecular weight excluding hydrogens is 260 g/mol. The number of benzene rings is 2. The molecule has 3 rings (SSSR count). The van der Waals surface area contributed by atoms with Gasteiger partial charge in [-0.25, -0.2) is 0 Å². The number of nitrogens with two attached hydrogens (primary N) is 1. The van der Waals surface area contributed by atoms with Gasteiger partial charge in [-0.15, -0.1) is 10.2 Å². The zero-order chi connectivity index (χ0) is 13.2. The van der Waals surface area contributed by atoms with Crippen molar-refractivity contribution in [3.63, 3.8) is 0 Å². The van der Waals surface area contributed by atoms with Gasteiger partial charge in [0.25, 0.3) is 5.91 Å². The Balaban J connectivity index is 1.89. The maximum Gasteiger partial charge on any atom is 0.257 e. The summed E-state index contributed by atoms with van der Waals surface area (Å²) in [6, 6.07) is 13.4. The Hall–Kier alpha value is -2.47. The molecule has 0 aliphatic rings. The predicted octanol–water partition coefficient (Wildman–Crippen LogP) is 2.53. The number of aromatic nitrogens is 2. The number of nitrogens with zero attached hydrogens (tertiary/aromatic N) is 2. The molecule has 0 aliphatic carbocycles. The number of hydrogen-bond donors (Lipinski definition) is 2. The number of carbonyl (C=O) groups is 1. The molecule has 3 aromatic rings. The van der Waals surface area contributed by atoms with E-state index in [-0.39, 0.29) is 5.91 Å². The van der Waals surface area contributed by atoms with Gasteiger partial charge >= 0.3 is 0 Å². The van der Waals surface area contributed by atoms with Crippen LogP contribution in [0, 0.1) is 0 Å². The third-order valence-electron chi connectivity index (χ3n) is 2.67. The number of nitrogens with one attached hydrogen (secondary N) is 1. The van der Waals surface area contributed by atoms with Gasteiger partial charge in [0.1, 0.15) is 0 Å². The fourth-order valence-electron chi connectivity index (χ4n) is 1.78. The summed E-state index contributed by atoms with van der Waals surface area (Å²) in [6.07, 6.45) is 0. The highest BCUT2D eigenvalue weighted by atomic mass is 32.1. The Morgan fingerprint density at radius 3 is 2.63 bits per heavy atom. The topological polar surface area (TPSA) is 80.9 Å². The minimum Gasteiger partial charge on any atom is -0.374 e. The number of amides is 1. The molecule has 2 aromatic carbocycles. The van der Waals surface area contributed by atoms with Gasteiger partial charge in [0.2, 0.25) is 10.3 Å². The van der Waals surface area contributed by atoms with Gasteiger partial charge in [0.05, 0.1) is 0 Å². The molecule has 19 heavy (non-hydrogen) atoms. The SMILES string of the molecule is Nc1nnc(NC(=O)c2ccc3ccccc3c2)s1. The molecule has 1 amide bonds. The zero-order valence-electron chi connectivity index (χ0n) is 9.83. The lowest BCUT2D eigenvalue weighted by atomic mass is 10.1. The molecule has 6 heteroatoms. The van der Waals surface area contributed by atoms with Crippen molar-refractivity contribution in [3.8, 4) is 0 Å². The highest BCUT2D eigenvalue weighted by molar-refractivity contribution is 7.19. The quantitative estimate of drug-likeness (QED) is 0.749. The average molecular weight is 270 g/mol. The van der Waals surface area contributed by atoms with E-state index in [1.165, 1.54) is 0 Å². The first-order valence-electron chi connectivity index (χ1n) is 5.61. The normalized spacial score (nSPS) is 10.5. The van der Waals surface area contributed by atoms with E-state index in [9.17, 15) is 4.79 Å². The molecule has 0 aliphatic heterocycles. The molecular formula is C13H10N4OS. The van der Waals surface area contributed by atoms with Gasteiger partial charge in [0, 0.05) is 5.56 Å². The van der Waals surface area contributed by atoms with Gasteiger partial charge < -0.3 is 5.73 Å². The van der Waals surface area contributed by atoms with E-state index < -0.39 is 0 Å². The van der Waals surface area contributed by atoms with Crippen LogP contribution in [0.2, 0.25) is 0 Å². The van der Waals surface area contributed by atoms with Crippen LogP contribution in [-0.2, 0) is 0 Å². The summed E-state index contributed by atoms with van der Waals surface area (Å²) in [7, 11) is 0. The molecule has 0 spiro atoms. The molecule has 0 unspecified atom stereocenters. The molecule has 0 saturated heterocycles. The van der Waals surface area contributed by atoms with E-state index >= 15 is 0 Å². The van der Waals surface area contributed by atoms with Crippen LogP contribution >= 0.6 is 11.3 Å². The van der Waals surface area contributed by atoms with Crippen molar-refractivity contribution in [1.29, 1.82) is 0 Å². The van der Waals surface area contributed by atoms with E-state index in [0.717, 1.165) is 22.1 Å². The third kappa shape index (κ3) is 2.38. The molecule has 0 bridgehead atoms.